The number of aryl methyl sites for hydroxylation is 1. The molecule has 0 spiro atoms. The molecule has 1 aromatic carbocycles. The number of hydrogen-bond donors (Lipinski definition) is 1. The molecule has 0 atom stereocenters. The van der Waals surface area contributed by atoms with Crippen molar-refractivity contribution >= 4 is 17.2 Å². The number of Topliss-reactive ketones (excluding diaryl/α,β-unsaturated/α-hetero) is 1. The number of nitrogen functional groups attached to an aromatic ring is 1. The first-order valence-electron chi connectivity index (χ1n) is 5.05. The fourth-order valence-electron chi connectivity index (χ4n) is 1.46. The topological polar surface area (TPSA) is 89.5 Å². The van der Waals surface area contributed by atoms with Gasteiger partial charge in [-0.25, -0.2) is 0 Å². The van der Waals surface area contributed by atoms with Crippen LogP contribution in [0.2, 0.25) is 0 Å². The summed E-state index contributed by atoms with van der Waals surface area (Å²) in [5.74, 6) is -0.312. The zero-order valence-corrected chi connectivity index (χ0v) is 10.1. The minimum atomic E-state index is -0.560. The highest BCUT2D eigenvalue weighted by molar-refractivity contribution is 6.02. The van der Waals surface area contributed by atoms with E-state index in [1.165, 1.54) is 12.1 Å². The Morgan fingerprint density at radius 1 is 1.47 bits per heavy atom. The van der Waals surface area contributed by atoms with Gasteiger partial charge in [0.15, 0.2) is 5.78 Å². The molecular formula is C11H15N3O3. The number of likely N-dealkylation sites (N-methyl/N-ethyl adjacent to an activating group) is 1. The third-order valence-corrected chi connectivity index (χ3v) is 2.34. The van der Waals surface area contributed by atoms with E-state index in [9.17, 15) is 14.9 Å². The molecule has 0 unspecified atom stereocenters. The Hall–Kier alpha value is -1.95. The van der Waals surface area contributed by atoms with Gasteiger partial charge < -0.3 is 10.6 Å². The van der Waals surface area contributed by atoms with Crippen LogP contribution >= 0.6 is 0 Å². The number of nitro benzene ring substituents is 1. The molecule has 6 nitrogen and oxygen atoms in total. The van der Waals surface area contributed by atoms with Crippen LogP contribution in [-0.4, -0.2) is 36.2 Å². The zero-order valence-electron chi connectivity index (χ0n) is 10.1. The average Bonchev–Trinajstić information content (AvgIpc) is 2.19. The SMILES string of the molecule is Cc1cc([N+](=O)[O-])c(C(=O)CN(C)C)cc1N. The largest absolute Gasteiger partial charge is 0.398 e. The minimum absolute atomic E-state index is 0.0619. The van der Waals surface area contributed by atoms with Gasteiger partial charge >= 0.3 is 0 Å². The smallest absolute Gasteiger partial charge is 0.280 e. The molecule has 1 aromatic rings. The lowest BCUT2D eigenvalue weighted by atomic mass is 10.0. The lowest BCUT2D eigenvalue weighted by molar-refractivity contribution is -0.385. The number of nitro groups is 1. The molecule has 0 aromatic heterocycles. The third-order valence-electron chi connectivity index (χ3n) is 2.34. The molecule has 6 heteroatoms. The van der Waals surface area contributed by atoms with E-state index in [2.05, 4.69) is 0 Å². The Bertz CT molecular complexity index is 469. The normalized spacial score (nSPS) is 10.6. The van der Waals surface area contributed by atoms with Gasteiger partial charge in [-0.15, -0.1) is 0 Å². The van der Waals surface area contributed by atoms with Crippen molar-refractivity contribution in [3.05, 3.63) is 33.4 Å². The van der Waals surface area contributed by atoms with Gasteiger partial charge in [0.05, 0.1) is 17.0 Å². The molecule has 2 N–H and O–H groups in total. The molecule has 0 radical (unpaired) electrons. The predicted octanol–water partition coefficient (Wildman–Crippen LogP) is 1.23. The molecule has 0 saturated heterocycles. The molecule has 0 bridgehead atoms. The van der Waals surface area contributed by atoms with Gasteiger partial charge in [-0.05, 0) is 32.6 Å². The number of hydrogen-bond acceptors (Lipinski definition) is 5. The third kappa shape index (κ3) is 3.01. The van der Waals surface area contributed by atoms with Gasteiger partial charge in [0, 0.05) is 11.8 Å². The molecule has 0 amide bonds. The van der Waals surface area contributed by atoms with Crippen molar-refractivity contribution in [2.24, 2.45) is 0 Å². The number of ketones is 1. The summed E-state index contributed by atoms with van der Waals surface area (Å²) in [7, 11) is 3.45. The first kappa shape index (κ1) is 13.1. The number of rotatable bonds is 4. The molecule has 92 valence electrons. The van der Waals surface area contributed by atoms with Crippen LogP contribution in [0.5, 0.6) is 0 Å². The number of carbonyl (C=O) groups is 1. The number of benzene rings is 1. The van der Waals surface area contributed by atoms with Gasteiger partial charge in [-0.1, -0.05) is 0 Å². The van der Waals surface area contributed by atoms with Crippen LogP contribution < -0.4 is 5.73 Å². The fourth-order valence-corrected chi connectivity index (χ4v) is 1.46. The predicted molar refractivity (Wildman–Crippen MR) is 65.1 cm³/mol. The molecule has 0 heterocycles. The Labute approximate surface area is 99.2 Å². The highest BCUT2D eigenvalue weighted by Gasteiger charge is 2.21. The number of anilines is 1. The highest BCUT2D eigenvalue weighted by Crippen LogP contribution is 2.25. The van der Waals surface area contributed by atoms with Gasteiger partial charge in [-0.2, -0.15) is 0 Å². The van der Waals surface area contributed by atoms with Gasteiger partial charge in [-0.3, -0.25) is 14.9 Å². The molecule has 0 saturated carbocycles. The quantitative estimate of drug-likeness (QED) is 0.368. The molecular weight excluding hydrogens is 222 g/mol. The summed E-state index contributed by atoms with van der Waals surface area (Å²) in [5, 5.41) is 10.9. The highest BCUT2D eigenvalue weighted by atomic mass is 16.6. The van der Waals surface area contributed by atoms with E-state index in [0.717, 1.165) is 0 Å². The van der Waals surface area contributed by atoms with Gasteiger partial charge in [0.25, 0.3) is 5.69 Å². The van der Waals surface area contributed by atoms with Crippen molar-refractivity contribution in [1.82, 2.24) is 4.90 Å². The van der Waals surface area contributed by atoms with E-state index in [0.29, 0.717) is 11.3 Å². The van der Waals surface area contributed by atoms with Gasteiger partial charge in [0.2, 0.25) is 0 Å². The Morgan fingerprint density at radius 3 is 2.53 bits per heavy atom. The van der Waals surface area contributed by atoms with E-state index in [1.54, 1.807) is 25.9 Å². The van der Waals surface area contributed by atoms with E-state index < -0.39 is 4.92 Å². The minimum Gasteiger partial charge on any atom is -0.398 e. The van der Waals surface area contributed by atoms with Crippen LogP contribution in [0.15, 0.2) is 12.1 Å². The summed E-state index contributed by atoms with van der Waals surface area (Å²) in [6.45, 7) is 1.78. The zero-order chi connectivity index (χ0) is 13.2. The molecule has 0 aliphatic heterocycles. The van der Waals surface area contributed by atoms with Crippen molar-refractivity contribution in [2.75, 3.05) is 26.4 Å². The summed E-state index contributed by atoms with van der Waals surface area (Å²) in [6.07, 6.45) is 0. The van der Waals surface area contributed by atoms with Crippen molar-refractivity contribution in [3.8, 4) is 0 Å². The van der Waals surface area contributed by atoms with Crippen LogP contribution in [0.4, 0.5) is 11.4 Å². The lowest BCUT2D eigenvalue weighted by Gasteiger charge is -2.10. The van der Waals surface area contributed by atoms with Crippen LogP contribution in [0.3, 0.4) is 0 Å². The molecule has 0 aliphatic carbocycles. The van der Waals surface area contributed by atoms with Gasteiger partial charge in [0.1, 0.15) is 0 Å². The number of nitrogens with two attached hydrogens (primary N) is 1. The standard InChI is InChI=1S/C11H15N3O3/c1-7-4-10(14(16)17)8(5-9(7)12)11(15)6-13(2)3/h4-5H,6,12H2,1-3H3. The molecule has 17 heavy (non-hydrogen) atoms. The van der Waals surface area contributed by atoms with Crippen LogP contribution in [0, 0.1) is 17.0 Å². The summed E-state index contributed by atoms with van der Waals surface area (Å²) >= 11 is 0. The van der Waals surface area contributed by atoms with E-state index in [4.69, 9.17) is 5.73 Å². The second kappa shape index (κ2) is 4.92. The van der Waals surface area contributed by atoms with Crippen molar-refractivity contribution in [2.45, 2.75) is 6.92 Å². The summed E-state index contributed by atoms with van der Waals surface area (Å²) < 4.78 is 0. The maximum Gasteiger partial charge on any atom is 0.280 e. The average molecular weight is 237 g/mol. The monoisotopic (exact) mass is 237 g/mol. The van der Waals surface area contributed by atoms with E-state index >= 15 is 0 Å². The first-order valence-corrected chi connectivity index (χ1v) is 5.05. The summed E-state index contributed by atoms with van der Waals surface area (Å²) in [6, 6.07) is 2.71. The van der Waals surface area contributed by atoms with Crippen LogP contribution in [0.25, 0.3) is 0 Å². The fraction of sp³-hybridized carbons (Fsp3) is 0.364. The maximum atomic E-state index is 11.8. The van der Waals surface area contributed by atoms with Crippen molar-refractivity contribution in [1.29, 1.82) is 0 Å². The summed E-state index contributed by atoms with van der Waals surface area (Å²) in [4.78, 5) is 23.8. The van der Waals surface area contributed by atoms with E-state index in [-0.39, 0.29) is 23.6 Å². The maximum absolute atomic E-state index is 11.8. The Kier molecular flexibility index (Phi) is 3.80. The Balaban J connectivity index is 3.26. The molecule has 0 fully saturated rings. The van der Waals surface area contributed by atoms with E-state index in [1.807, 2.05) is 0 Å². The molecule has 1 rings (SSSR count). The first-order chi connectivity index (χ1) is 7.82. The summed E-state index contributed by atoms with van der Waals surface area (Å²) in [5.41, 5.74) is 6.52. The second-order valence-corrected chi connectivity index (χ2v) is 4.14. The second-order valence-electron chi connectivity index (χ2n) is 4.14. The number of carbonyl (C=O) groups excluding carboxylic acids is 1. The lowest BCUT2D eigenvalue weighted by Crippen LogP contribution is -2.22. The number of nitrogens with zero attached hydrogens (tertiary/aromatic N) is 2. The van der Waals surface area contributed by atoms with Crippen molar-refractivity contribution < 1.29 is 9.72 Å². The van der Waals surface area contributed by atoms with Crippen molar-refractivity contribution in [3.63, 3.8) is 0 Å². The van der Waals surface area contributed by atoms with Crippen LogP contribution in [0.1, 0.15) is 15.9 Å². The van der Waals surface area contributed by atoms with Crippen LogP contribution in [-0.2, 0) is 0 Å². The Morgan fingerprint density at radius 2 is 2.06 bits per heavy atom. The molecule has 0 aliphatic rings.